The van der Waals surface area contributed by atoms with Crippen LogP contribution < -0.4 is 25.4 Å². The van der Waals surface area contributed by atoms with Crippen LogP contribution >= 0.6 is 0 Å². The Hall–Kier alpha value is -6.04. The Morgan fingerprint density at radius 1 is 1.04 bits per heavy atom. The summed E-state index contributed by atoms with van der Waals surface area (Å²) in [6, 6.07) is 21.1. The summed E-state index contributed by atoms with van der Waals surface area (Å²) in [6.07, 6.45) is 7.12. The average Bonchev–Trinajstić information content (AvgIpc) is 3.75. The van der Waals surface area contributed by atoms with Gasteiger partial charge in [0, 0.05) is 41.1 Å². The van der Waals surface area contributed by atoms with Gasteiger partial charge in [0.1, 0.15) is 41.0 Å². The Labute approximate surface area is 320 Å². The molecule has 0 spiro atoms. The number of benzene rings is 3. The lowest BCUT2D eigenvalue weighted by Crippen LogP contribution is -2.56. The van der Waals surface area contributed by atoms with Crippen molar-refractivity contribution < 1.29 is 33.0 Å². The van der Waals surface area contributed by atoms with Gasteiger partial charge in [-0.05, 0) is 56.0 Å². The summed E-state index contributed by atoms with van der Waals surface area (Å²) < 4.78 is 26.5. The van der Waals surface area contributed by atoms with Gasteiger partial charge in [0.25, 0.3) is 5.91 Å². The molecule has 0 unspecified atom stereocenters. The number of allylic oxidation sites excluding steroid dienone is 1. The van der Waals surface area contributed by atoms with Gasteiger partial charge in [0.05, 0.1) is 24.9 Å². The number of unbranched alkanes of at least 4 members (excludes halogenated alkanes) is 3. The molecule has 5 atom stereocenters. The molecule has 55 heavy (non-hydrogen) atoms. The number of ether oxygens (including phenoxy) is 2. The fraction of sp³-hybridized carbons (Fsp3) is 0.326. The number of amides is 4. The molecule has 1 aliphatic carbocycles. The number of rotatable bonds is 18. The molecule has 6 rings (SSSR count). The quantitative estimate of drug-likeness (QED) is 0.0609. The third kappa shape index (κ3) is 8.86. The normalized spacial score (nSPS) is 20.5. The molecule has 0 radical (unpaired) electrons. The number of hydrogen-bond acceptors (Lipinski definition) is 8. The number of fused-ring (bicyclic) bond motifs is 1. The second-order valence-electron chi connectivity index (χ2n) is 14.0. The van der Waals surface area contributed by atoms with Gasteiger partial charge in [0.15, 0.2) is 0 Å². The van der Waals surface area contributed by atoms with E-state index in [1.54, 1.807) is 25.3 Å². The van der Waals surface area contributed by atoms with Crippen LogP contribution in [0.3, 0.4) is 0 Å². The number of pyridine rings is 1. The van der Waals surface area contributed by atoms with E-state index in [1.807, 2.05) is 60.7 Å². The fourth-order valence-corrected chi connectivity index (χ4v) is 7.28. The Morgan fingerprint density at radius 2 is 1.85 bits per heavy atom. The van der Waals surface area contributed by atoms with Crippen LogP contribution in [0.2, 0.25) is 0 Å². The average molecular weight is 748 g/mol. The summed E-state index contributed by atoms with van der Waals surface area (Å²) in [4.78, 5) is 59.6. The van der Waals surface area contributed by atoms with E-state index in [9.17, 15) is 23.6 Å². The van der Waals surface area contributed by atoms with Crippen LogP contribution in [0.4, 0.5) is 10.1 Å². The minimum absolute atomic E-state index is 0.0494. The Kier molecular flexibility index (Phi) is 12.2. The van der Waals surface area contributed by atoms with Crippen molar-refractivity contribution in [1.82, 2.24) is 20.5 Å². The third-order valence-electron chi connectivity index (χ3n) is 10.3. The summed E-state index contributed by atoms with van der Waals surface area (Å²) in [7, 11) is 1.58. The largest absolute Gasteiger partial charge is 0.497 e. The van der Waals surface area contributed by atoms with Crippen LogP contribution in [0.15, 0.2) is 104 Å². The molecule has 0 bridgehead atoms. The molecule has 2 heterocycles. The molecule has 2 aliphatic rings. The first-order valence-corrected chi connectivity index (χ1v) is 18.5. The third-order valence-corrected chi connectivity index (χ3v) is 10.3. The minimum Gasteiger partial charge on any atom is -0.497 e. The SMILES string of the molecule is C=CCCCCC[C@H](Nc1cccc(F)c1)C(=O)N1C[C@H](Oc2cc(-c3ccccc3)nc3cc(OC)ccc23)C[C@H]1C(=O)N[C@]1(C(=O)NC=O)C[C@H]1C=C. The maximum absolute atomic E-state index is 14.7. The van der Waals surface area contributed by atoms with E-state index in [1.165, 1.54) is 17.0 Å². The second-order valence-corrected chi connectivity index (χ2v) is 14.0. The highest BCUT2D eigenvalue weighted by Gasteiger charge is 2.60. The standard InChI is InChI=1S/C43H46FN5O6/c1-4-6-7-8-12-18-35(46-31-17-13-16-30(44)21-31)41(52)49-26-33(23-38(49)40(51)48-43(25-29(43)5-2)42(53)45-27-50)55-39-24-36(28-14-10-9-11-15-28)47-37-22-32(54-3)19-20-34(37)39/h4-5,9-11,13-17,19-22,24,27,29,33,35,38,46H,1-2,6-8,12,18,23,25-26H2,3H3,(H,48,51)(H,45,50,53)/t29-,33-,35+,38+,43-/m1/s1. The van der Waals surface area contributed by atoms with Crippen LogP contribution in [0.1, 0.15) is 44.9 Å². The van der Waals surface area contributed by atoms with Gasteiger partial charge in [-0.25, -0.2) is 9.37 Å². The molecule has 286 valence electrons. The zero-order valence-corrected chi connectivity index (χ0v) is 30.8. The molecule has 3 N–H and O–H groups in total. The molecule has 4 aromatic rings. The van der Waals surface area contributed by atoms with E-state index in [0.29, 0.717) is 46.6 Å². The number of methoxy groups -OCH3 is 1. The number of nitrogens with zero attached hydrogens (tertiary/aromatic N) is 2. The van der Waals surface area contributed by atoms with E-state index in [0.717, 1.165) is 24.8 Å². The van der Waals surface area contributed by atoms with Gasteiger partial charge in [0.2, 0.25) is 18.2 Å². The predicted octanol–water partition coefficient (Wildman–Crippen LogP) is 6.35. The van der Waals surface area contributed by atoms with Crippen molar-refractivity contribution >= 4 is 40.7 Å². The summed E-state index contributed by atoms with van der Waals surface area (Å²) >= 11 is 0. The summed E-state index contributed by atoms with van der Waals surface area (Å²) in [5, 5.41) is 8.97. The zero-order valence-electron chi connectivity index (χ0n) is 30.8. The van der Waals surface area contributed by atoms with Crippen molar-refractivity contribution in [3.63, 3.8) is 0 Å². The molecular formula is C43H46FN5O6. The lowest BCUT2D eigenvalue weighted by molar-refractivity contribution is -0.140. The highest BCUT2D eigenvalue weighted by atomic mass is 19.1. The maximum atomic E-state index is 14.7. The smallest absolute Gasteiger partial charge is 0.252 e. The number of imide groups is 1. The zero-order chi connectivity index (χ0) is 39.0. The summed E-state index contributed by atoms with van der Waals surface area (Å²) in [6.45, 7) is 7.63. The number of carbonyl (C=O) groups excluding carboxylic acids is 4. The molecule has 3 aromatic carbocycles. The van der Waals surface area contributed by atoms with Gasteiger partial charge in [-0.1, -0.05) is 61.4 Å². The summed E-state index contributed by atoms with van der Waals surface area (Å²) in [5.74, 6) is -1.29. The van der Waals surface area contributed by atoms with E-state index in [4.69, 9.17) is 14.5 Å². The number of likely N-dealkylation sites (tertiary alicyclic amines) is 1. The summed E-state index contributed by atoms with van der Waals surface area (Å²) in [5.41, 5.74) is 1.24. The number of aromatic nitrogens is 1. The molecule has 1 aromatic heterocycles. The Balaban J connectivity index is 1.34. The van der Waals surface area contributed by atoms with Crippen molar-refractivity contribution in [2.24, 2.45) is 5.92 Å². The topological polar surface area (TPSA) is 139 Å². The van der Waals surface area contributed by atoms with Crippen molar-refractivity contribution in [3.8, 4) is 22.8 Å². The number of carbonyl (C=O) groups is 4. The Bertz CT molecular complexity index is 2060. The molecule has 2 fully saturated rings. The monoisotopic (exact) mass is 747 g/mol. The molecule has 1 saturated heterocycles. The van der Waals surface area contributed by atoms with Gasteiger partial charge < -0.3 is 25.0 Å². The minimum atomic E-state index is -1.37. The molecule has 4 amide bonds. The van der Waals surface area contributed by atoms with Gasteiger partial charge in [-0.2, -0.15) is 0 Å². The number of nitrogens with one attached hydrogen (secondary N) is 3. The van der Waals surface area contributed by atoms with E-state index < -0.39 is 47.3 Å². The second kappa shape index (κ2) is 17.4. The van der Waals surface area contributed by atoms with Crippen molar-refractivity contribution in [2.45, 2.75) is 68.7 Å². The van der Waals surface area contributed by atoms with Gasteiger partial charge in [-0.15, -0.1) is 13.2 Å². The highest BCUT2D eigenvalue weighted by Crippen LogP contribution is 2.45. The van der Waals surface area contributed by atoms with Crippen molar-refractivity contribution in [3.05, 3.63) is 110 Å². The first-order valence-electron chi connectivity index (χ1n) is 18.5. The molecule has 11 nitrogen and oxygen atoms in total. The maximum Gasteiger partial charge on any atom is 0.252 e. The number of hydrogen-bond donors (Lipinski definition) is 3. The van der Waals surface area contributed by atoms with E-state index >= 15 is 0 Å². The fourth-order valence-electron chi connectivity index (χ4n) is 7.28. The van der Waals surface area contributed by atoms with E-state index in [2.05, 4.69) is 29.1 Å². The first-order chi connectivity index (χ1) is 26.7. The van der Waals surface area contributed by atoms with Gasteiger partial charge in [-0.3, -0.25) is 24.5 Å². The van der Waals surface area contributed by atoms with Crippen LogP contribution in [-0.2, 0) is 19.2 Å². The first kappa shape index (κ1) is 38.7. The van der Waals surface area contributed by atoms with E-state index in [-0.39, 0.29) is 31.7 Å². The van der Waals surface area contributed by atoms with Crippen molar-refractivity contribution in [1.29, 1.82) is 0 Å². The number of halogens is 1. The predicted molar refractivity (Wildman–Crippen MR) is 209 cm³/mol. The van der Waals surface area contributed by atoms with Crippen LogP contribution in [0.5, 0.6) is 11.5 Å². The van der Waals surface area contributed by atoms with Gasteiger partial charge >= 0.3 is 0 Å². The Morgan fingerprint density at radius 3 is 2.56 bits per heavy atom. The lowest BCUT2D eigenvalue weighted by atomic mass is 10.0. The van der Waals surface area contributed by atoms with Crippen LogP contribution in [-0.4, -0.2) is 71.4 Å². The van der Waals surface area contributed by atoms with Crippen molar-refractivity contribution in [2.75, 3.05) is 19.0 Å². The molecular weight excluding hydrogens is 702 g/mol. The molecule has 12 heteroatoms. The molecule has 1 aliphatic heterocycles. The highest BCUT2D eigenvalue weighted by molar-refractivity contribution is 6.01. The lowest BCUT2D eigenvalue weighted by Gasteiger charge is -2.30. The van der Waals surface area contributed by atoms with Crippen LogP contribution in [0.25, 0.3) is 22.2 Å². The van der Waals surface area contributed by atoms with Crippen LogP contribution in [0, 0.1) is 11.7 Å². The molecule has 1 saturated carbocycles. The number of anilines is 1.